The van der Waals surface area contributed by atoms with Gasteiger partial charge in [0.25, 0.3) is 0 Å². The third kappa shape index (κ3) is 3.39. The van der Waals surface area contributed by atoms with Crippen molar-refractivity contribution in [1.29, 1.82) is 0 Å². The van der Waals surface area contributed by atoms with Crippen LogP contribution in [-0.2, 0) is 6.42 Å². The summed E-state index contributed by atoms with van der Waals surface area (Å²) in [6.45, 7) is 7.94. The summed E-state index contributed by atoms with van der Waals surface area (Å²) in [4.78, 5) is 4.34. The van der Waals surface area contributed by atoms with E-state index in [1.165, 1.54) is 5.69 Å². The minimum atomic E-state index is 0.340. The molecule has 2 nitrogen and oxygen atoms in total. The summed E-state index contributed by atoms with van der Waals surface area (Å²) in [5, 5.41) is 5.41. The number of rotatable bonds is 4. The van der Waals surface area contributed by atoms with Gasteiger partial charge in [-0.2, -0.15) is 0 Å². The lowest BCUT2D eigenvalue weighted by atomic mass is 9.78. The maximum absolute atomic E-state index is 4.34. The lowest BCUT2D eigenvalue weighted by Crippen LogP contribution is -2.31. The lowest BCUT2D eigenvalue weighted by Gasteiger charge is -2.30. The molecule has 1 aromatic heterocycles. The van der Waals surface area contributed by atoms with E-state index in [1.54, 1.807) is 11.3 Å². The third-order valence-corrected chi connectivity index (χ3v) is 3.25. The number of hydrogen-bond acceptors (Lipinski definition) is 3. The van der Waals surface area contributed by atoms with E-state index in [0.717, 1.165) is 13.0 Å². The van der Waals surface area contributed by atoms with Crippen LogP contribution in [0, 0.1) is 11.3 Å². The quantitative estimate of drug-likeness (QED) is 0.829. The number of aromatic nitrogens is 1. The highest BCUT2D eigenvalue weighted by Gasteiger charge is 2.24. The van der Waals surface area contributed by atoms with Crippen molar-refractivity contribution < 1.29 is 0 Å². The van der Waals surface area contributed by atoms with Gasteiger partial charge >= 0.3 is 0 Å². The largest absolute Gasteiger partial charge is 0.319 e. The van der Waals surface area contributed by atoms with E-state index in [-0.39, 0.29) is 0 Å². The standard InChI is InChI=1S/C11H20N2S/c1-11(2,3)9(6-12-4)5-10-7-14-8-13-10/h7-9,12H,5-6H2,1-4H3. The van der Waals surface area contributed by atoms with Crippen molar-refractivity contribution in [2.45, 2.75) is 27.2 Å². The first-order chi connectivity index (χ1) is 6.54. The molecule has 0 aliphatic carbocycles. The zero-order valence-corrected chi connectivity index (χ0v) is 10.3. The molecule has 0 bridgehead atoms. The Hall–Kier alpha value is -0.410. The maximum atomic E-state index is 4.34. The van der Waals surface area contributed by atoms with Gasteiger partial charge < -0.3 is 5.32 Å². The van der Waals surface area contributed by atoms with Crippen molar-refractivity contribution in [2.24, 2.45) is 11.3 Å². The van der Waals surface area contributed by atoms with Crippen LogP contribution in [0.25, 0.3) is 0 Å². The molecule has 1 heterocycles. The monoisotopic (exact) mass is 212 g/mol. The van der Waals surface area contributed by atoms with E-state index in [0.29, 0.717) is 11.3 Å². The lowest BCUT2D eigenvalue weighted by molar-refractivity contribution is 0.233. The van der Waals surface area contributed by atoms with E-state index in [1.807, 2.05) is 12.6 Å². The molecule has 3 heteroatoms. The van der Waals surface area contributed by atoms with E-state index >= 15 is 0 Å². The Morgan fingerprint density at radius 3 is 2.64 bits per heavy atom. The van der Waals surface area contributed by atoms with Gasteiger partial charge in [-0.1, -0.05) is 20.8 Å². The smallest absolute Gasteiger partial charge is 0.0794 e. The number of hydrogen-bond donors (Lipinski definition) is 1. The molecule has 0 fully saturated rings. The van der Waals surface area contributed by atoms with Crippen LogP contribution in [-0.4, -0.2) is 18.6 Å². The average Bonchev–Trinajstić information content (AvgIpc) is 2.54. The second kappa shape index (κ2) is 4.89. The number of nitrogens with one attached hydrogen (secondary N) is 1. The molecule has 1 atom stereocenters. The summed E-state index contributed by atoms with van der Waals surface area (Å²) in [6, 6.07) is 0. The van der Waals surface area contributed by atoms with Crippen molar-refractivity contribution in [2.75, 3.05) is 13.6 Å². The molecule has 80 valence electrons. The Kier molecular flexibility index (Phi) is 4.08. The molecule has 0 aliphatic rings. The van der Waals surface area contributed by atoms with Crippen LogP contribution in [0.2, 0.25) is 0 Å². The van der Waals surface area contributed by atoms with Gasteiger partial charge in [0.2, 0.25) is 0 Å². The first-order valence-corrected chi connectivity index (χ1v) is 6.00. The molecule has 1 aromatic rings. The van der Waals surface area contributed by atoms with Gasteiger partial charge in [0.15, 0.2) is 0 Å². The number of thiazole rings is 1. The van der Waals surface area contributed by atoms with Crippen LogP contribution in [0.3, 0.4) is 0 Å². The fraction of sp³-hybridized carbons (Fsp3) is 0.727. The highest BCUT2D eigenvalue weighted by Crippen LogP contribution is 2.28. The summed E-state index contributed by atoms with van der Waals surface area (Å²) in [5.74, 6) is 0.648. The van der Waals surface area contributed by atoms with Gasteiger partial charge in [0.05, 0.1) is 11.2 Å². The molecule has 0 saturated carbocycles. The van der Waals surface area contributed by atoms with Crippen molar-refractivity contribution in [3.63, 3.8) is 0 Å². The van der Waals surface area contributed by atoms with Crippen LogP contribution in [0.4, 0.5) is 0 Å². The van der Waals surface area contributed by atoms with Gasteiger partial charge in [0.1, 0.15) is 0 Å². The number of nitrogens with zero attached hydrogens (tertiary/aromatic N) is 1. The Balaban J connectivity index is 2.60. The van der Waals surface area contributed by atoms with Crippen molar-refractivity contribution in [3.05, 3.63) is 16.6 Å². The summed E-state index contributed by atoms with van der Waals surface area (Å²) in [7, 11) is 2.01. The first-order valence-electron chi connectivity index (χ1n) is 5.05. The Bertz CT molecular complexity index is 249. The normalized spacial score (nSPS) is 14.3. The van der Waals surface area contributed by atoms with Crippen LogP contribution >= 0.6 is 11.3 Å². The second-order valence-electron chi connectivity index (χ2n) is 4.80. The molecular weight excluding hydrogens is 192 g/mol. The molecule has 1 N–H and O–H groups in total. The molecule has 0 spiro atoms. The molecule has 0 radical (unpaired) electrons. The van der Waals surface area contributed by atoms with E-state index in [9.17, 15) is 0 Å². The Morgan fingerprint density at radius 2 is 2.21 bits per heavy atom. The summed E-state index contributed by atoms with van der Waals surface area (Å²) >= 11 is 1.68. The molecule has 1 rings (SSSR count). The van der Waals surface area contributed by atoms with Gasteiger partial charge in [0, 0.05) is 5.38 Å². The van der Waals surface area contributed by atoms with Crippen LogP contribution in [0.15, 0.2) is 10.9 Å². The molecule has 1 unspecified atom stereocenters. The topological polar surface area (TPSA) is 24.9 Å². The Morgan fingerprint density at radius 1 is 1.50 bits per heavy atom. The average molecular weight is 212 g/mol. The van der Waals surface area contributed by atoms with E-state index < -0.39 is 0 Å². The van der Waals surface area contributed by atoms with Gasteiger partial charge in [-0.3, -0.25) is 0 Å². The molecule has 0 saturated heterocycles. The second-order valence-corrected chi connectivity index (χ2v) is 5.52. The summed E-state index contributed by atoms with van der Waals surface area (Å²) in [5.41, 5.74) is 3.48. The zero-order chi connectivity index (χ0) is 10.6. The molecule has 0 aromatic carbocycles. The van der Waals surface area contributed by atoms with Crippen molar-refractivity contribution in [1.82, 2.24) is 10.3 Å². The zero-order valence-electron chi connectivity index (χ0n) is 9.50. The highest BCUT2D eigenvalue weighted by molar-refractivity contribution is 7.07. The molecule has 14 heavy (non-hydrogen) atoms. The Labute approximate surface area is 90.8 Å². The predicted octanol–water partition coefficient (Wildman–Crippen LogP) is 2.57. The van der Waals surface area contributed by atoms with Gasteiger partial charge in [-0.05, 0) is 31.3 Å². The fourth-order valence-electron chi connectivity index (χ4n) is 1.52. The molecular formula is C11H20N2S. The predicted molar refractivity (Wildman–Crippen MR) is 62.7 cm³/mol. The van der Waals surface area contributed by atoms with Gasteiger partial charge in [-0.25, -0.2) is 4.98 Å². The maximum Gasteiger partial charge on any atom is 0.0794 e. The minimum absolute atomic E-state index is 0.340. The molecule has 0 amide bonds. The van der Waals surface area contributed by atoms with Crippen LogP contribution < -0.4 is 5.32 Å². The first kappa shape index (κ1) is 11.7. The van der Waals surface area contributed by atoms with Crippen LogP contribution in [0.1, 0.15) is 26.5 Å². The minimum Gasteiger partial charge on any atom is -0.319 e. The molecule has 0 aliphatic heterocycles. The fourth-order valence-corrected chi connectivity index (χ4v) is 2.09. The van der Waals surface area contributed by atoms with Crippen molar-refractivity contribution in [3.8, 4) is 0 Å². The van der Waals surface area contributed by atoms with E-state index in [2.05, 4.69) is 36.5 Å². The van der Waals surface area contributed by atoms with Crippen LogP contribution in [0.5, 0.6) is 0 Å². The van der Waals surface area contributed by atoms with Crippen molar-refractivity contribution >= 4 is 11.3 Å². The van der Waals surface area contributed by atoms with E-state index in [4.69, 9.17) is 0 Å². The third-order valence-electron chi connectivity index (χ3n) is 2.61. The van der Waals surface area contributed by atoms with Gasteiger partial charge in [-0.15, -0.1) is 11.3 Å². The highest BCUT2D eigenvalue weighted by atomic mass is 32.1. The summed E-state index contributed by atoms with van der Waals surface area (Å²) in [6.07, 6.45) is 1.08. The SMILES string of the molecule is CNCC(Cc1cscn1)C(C)(C)C. The summed E-state index contributed by atoms with van der Waals surface area (Å²) < 4.78 is 0.